The maximum Gasteiger partial charge on any atom is 0.119 e. The molecule has 1 aromatic heterocycles. The lowest BCUT2D eigenvalue weighted by Gasteiger charge is -2.13. The van der Waals surface area contributed by atoms with Gasteiger partial charge in [-0.05, 0) is 19.4 Å². The van der Waals surface area contributed by atoms with Gasteiger partial charge < -0.3 is 10.5 Å². The highest BCUT2D eigenvalue weighted by Crippen LogP contribution is 2.34. The molecule has 1 aliphatic heterocycles. The third-order valence-electron chi connectivity index (χ3n) is 2.58. The predicted molar refractivity (Wildman–Crippen MR) is 63.0 cm³/mol. The van der Waals surface area contributed by atoms with Crippen LogP contribution in [0.5, 0.6) is 0 Å². The first-order valence-corrected chi connectivity index (χ1v) is 6.02. The molecule has 0 spiro atoms. The minimum atomic E-state index is 0.238. The molecule has 0 saturated carbocycles. The summed E-state index contributed by atoms with van der Waals surface area (Å²) >= 11 is 1.63. The van der Waals surface area contributed by atoms with E-state index in [1.165, 1.54) is 0 Å². The van der Waals surface area contributed by atoms with E-state index in [1.807, 2.05) is 6.07 Å². The van der Waals surface area contributed by atoms with Gasteiger partial charge in [0.2, 0.25) is 0 Å². The SMILES string of the molecule is CC1OCCC1Sc1ncc(C#N)cc1N. The molecule has 0 amide bonds. The second-order valence-electron chi connectivity index (χ2n) is 3.75. The maximum absolute atomic E-state index is 8.71. The number of ether oxygens (including phenoxy) is 1. The van der Waals surface area contributed by atoms with Gasteiger partial charge in [-0.15, -0.1) is 0 Å². The predicted octanol–water partition coefficient (Wildman–Crippen LogP) is 1.80. The van der Waals surface area contributed by atoms with E-state index in [2.05, 4.69) is 11.9 Å². The van der Waals surface area contributed by atoms with Crippen molar-refractivity contribution < 1.29 is 4.74 Å². The number of nitrogen functional groups attached to an aromatic ring is 1. The Kier molecular flexibility index (Phi) is 3.32. The Balaban J connectivity index is 2.13. The van der Waals surface area contributed by atoms with Crippen molar-refractivity contribution in [2.75, 3.05) is 12.3 Å². The van der Waals surface area contributed by atoms with E-state index in [0.717, 1.165) is 18.1 Å². The van der Waals surface area contributed by atoms with Crippen molar-refractivity contribution in [3.8, 4) is 6.07 Å². The second-order valence-corrected chi connectivity index (χ2v) is 4.98. The third-order valence-corrected chi connectivity index (χ3v) is 4.06. The minimum Gasteiger partial charge on any atom is -0.397 e. The van der Waals surface area contributed by atoms with Crippen LogP contribution in [-0.4, -0.2) is 22.9 Å². The van der Waals surface area contributed by atoms with Crippen LogP contribution in [0.15, 0.2) is 17.3 Å². The minimum absolute atomic E-state index is 0.238. The van der Waals surface area contributed by atoms with Gasteiger partial charge in [0.15, 0.2) is 0 Å². The van der Waals surface area contributed by atoms with Crippen LogP contribution < -0.4 is 5.73 Å². The van der Waals surface area contributed by atoms with Gasteiger partial charge in [-0.25, -0.2) is 4.98 Å². The van der Waals surface area contributed by atoms with E-state index >= 15 is 0 Å². The topological polar surface area (TPSA) is 71.9 Å². The summed E-state index contributed by atoms with van der Waals surface area (Å²) in [5.41, 5.74) is 6.92. The van der Waals surface area contributed by atoms with Crippen molar-refractivity contribution in [2.24, 2.45) is 0 Å². The van der Waals surface area contributed by atoms with E-state index < -0.39 is 0 Å². The zero-order chi connectivity index (χ0) is 11.5. The molecule has 5 heteroatoms. The summed E-state index contributed by atoms with van der Waals surface area (Å²) in [7, 11) is 0. The van der Waals surface area contributed by atoms with Crippen molar-refractivity contribution >= 4 is 17.4 Å². The lowest BCUT2D eigenvalue weighted by Crippen LogP contribution is -2.13. The number of nitrogens with two attached hydrogens (primary N) is 1. The van der Waals surface area contributed by atoms with Crippen molar-refractivity contribution in [1.29, 1.82) is 5.26 Å². The fourth-order valence-electron chi connectivity index (χ4n) is 1.64. The molecule has 0 radical (unpaired) electrons. The summed E-state index contributed by atoms with van der Waals surface area (Å²) in [6.45, 7) is 2.86. The molecule has 1 saturated heterocycles. The van der Waals surface area contributed by atoms with Gasteiger partial charge in [-0.2, -0.15) is 5.26 Å². The lowest BCUT2D eigenvalue weighted by atomic mass is 10.3. The van der Waals surface area contributed by atoms with Crippen LogP contribution in [-0.2, 0) is 4.74 Å². The number of hydrogen-bond acceptors (Lipinski definition) is 5. The highest BCUT2D eigenvalue weighted by molar-refractivity contribution is 8.00. The van der Waals surface area contributed by atoms with Crippen LogP contribution in [0, 0.1) is 11.3 Å². The number of anilines is 1. The molecule has 0 aromatic carbocycles. The monoisotopic (exact) mass is 235 g/mol. The number of thioether (sulfide) groups is 1. The summed E-state index contributed by atoms with van der Waals surface area (Å²) in [6, 6.07) is 3.68. The average molecular weight is 235 g/mol. The molecule has 4 nitrogen and oxygen atoms in total. The van der Waals surface area contributed by atoms with Gasteiger partial charge in [0, 0.05) is 18.1 Å². The molecule has 1 aliphatic rings. The normalized spacial score (nSPS) is 24.2. The Morgan fingerprint density at radius 3 is 3.06 bits per heavy atom. The number of hydrogen-bond donors (Lipinski definition) is 1. The smallest absolute Gasteiger partial charge is 0.119 e. The molecule has 2 atom stereocenters. The standard InChI is InChI=1S/C11H13N3OS/c1-7-10(2-3-15-7)16-11-9(13)4-8(5-12)6-14-11/h4,6-7,10H,2-3,13H2,1H3. The summed E-state index contributed by atoms with van der Waals surface area (Å²) in [5.74, 6) is 0. The first-order valence-electron chi connectivity index (χ1n) is 5.14. The third kappa shape index (κ3) is 2.29. The lowest BCUT2D eigenvalue weighted by molar-refractivity contribution is 0.127. The first kappa shape index (κ1) is 11.2. The van der Waals surface area contributed by atoms with Gasteiger partial charge >= 0.3 is 0 Å². The van der Waals surface area contributed by atoms with Crippen molar-refractivity contribution in [3.05, 3.63) is 17.8 Å². The van der Waals surface area contributed by atoms with Crippen LogP contribution >= 0.6 is 11.8 Å². The van der Waals surface area contributed by atoms with Gasteiger partial charge in [0.1, 0.15) is 11.1 Å². The number of pyridine rings is 1. The highest BCUT2D eigenvalue weighted by atomic mass is 32.2. The molecule has 2 N–H and O–H groups in total. The van der Waals surface area contributed by atoms with E-state index in [4.69, 9.17) is 15.7 Å². The van der Waals surface area contributed by atoms with E-state index in [-0.39, 0.29) is 6.10 Å². The fourth-order valence-corrected chi connectivity index (χ4v) is 2.72. The van der Waals surface area contributed by atoms with Gasteiger partial charge in [0.25, 0.3) is 0 Å². The maximum atomic E-state index is 8.71. The number of nitrogens with zero attached hydrogens (tertiary/aromatic N) is 2. The van der Waals surface area contributed by atoms with Gasteiger partial charge in [-0.3, -0.25) is 0 Å². The highest BCUT2D eigenvalue weighted by Gasteiger charge is 2.26. The zero-order valence-corrected chi connectivity index (χ0v) is 9.83. The van der Waals surface area contributed by atoms with Crippen LogP contribution in [0.2, 0.25) is 0 Å². The Morgan fingerprint density at radius 1 is 1.69 bits per heavy atom. The Labute approximate surface area is 98.8 Å². The average Bonchev–Trinajstić information content (AvgIpc) is 2.67. The van der Waals surface area contributed by atoms with E-state index in [9.17, 15) is 0 Å². The zero-order valence-electron chi connectivity index (χ0n) is 9.01. The van der Waals surface area contributed by atoms with Gasteiger partial charge in [-0.1, -0.05) is 11.8 Å². The second kappa shape index (κ2) is 4.73. The van der Waals surface area contributed by atoms with Crippen LogP contribution in [0.1, 0.15) is 18.9 Å². The molecule has 1 aromatic rings. The fraction of sp³-hybridized carbons (Fsp3) is 0.455. The van der Waals surface area contributed by atoms with E-state index in [0.29, 0.717) is 16.5 Å². The molecule has 84 valence electrons. The van der Waals surface area contributed by atoms with Crippen molar-refractivity contribution in [2.45, 2.75) is 29.7 Å². The molecule has 2 unspecified atom stereocenters. The molecule has 1 fully saturated rings. The first-order chi connectivity index (χ1) is 7.70. The van der Waals surface area contributed by atoms with Gasteiger partial charge in [0.05, 0.1) is 17.4 Å². The van der Waals surface area contributed by atoms with Crippen LogP contribution in [0.4, 0.5) is 5.69 Å². The number of nitriles is 1. The number of rotatable bonds is 2. The summed E-state index contributed by atoms with van der Waals surface area (Å²) in [6.07, 6.45) is 2.81. The van der Waals surface area contributed by atoms with Crippen molar-refractivity contribution in [3.63, 3.8) is 0 Å². The molecule has 2 heterocycles. The van der Waals surface area contributed by atoms with E-state index in [1.54, 1.807) is 24.0 Å². The Bertz CT molecular complexity index is 430. The van der Waals surface area contributed by atoms with Crippen molar-refractivity contribution in [1.82, 2.24) is 4.98 Å². The molecule has 0 aliphatic carbocycles. The van der Waals surface area contributed by atoms with Crippen LogP contribution in [0.3, 0.4) is 0 Å². The number of aromatic nitrogens is 1. The summed E-state index contributed by atoms with van der Waals surface area (Å²) in [4.78, 5) is 4.21. The molecular formula is C11H13N3OS. The Hall–Kier alpha value is -1.25. The largest absolute Gasteiger partial charge is 0.397 e. The molecule has 0 bridgehead atoms. The summed E-state index contributed by atoms with van der Waals surface area (Å²) in [5, 5.41) is 9.91. The molecular weight excluding hydrogens is 222 g/mol. The Morgan fingerprint density at radius 2 is 2.50 bits per heavy atom. The molecule has 2 rings (SSSR count). The van der Waals surface area contributed by atoms with Crippen LogP contribution in [0.25, 0.3) is 0 Å². The quantitative estimate of drug-likeness (QED) is 0.846. The molecule has 16 heavy (non-hydrogen) atoms. The summed E-state index contributed by atoms with van der Waals surface area (Å²) < 4.78 is 5.48.